The molecule has 0 radical (unpaired) electrons. The van der Waals surface area contributed by atoms with Crippen molar-refractivity contribution in [3.05, 3.63) is 101 Å². The first-order valence-corrected chi connectivity index (χ1v) is 9.40. The summed E-state index contributed by atoms with van der Waals surface area (Å²) in [6, 6.07) is 19.2. The Morgan fingerprint density at radius 3 is 2.31 bits per heavy atom. The van der Waals surface area contributed by atoms with E-state index in [9.17, 15) is 18.8 Å². The van der Waals surface area contributed by atoms with E-state index >= 15 is 0 Å². The van der Waals surface area contributed by atoms with Crippen LogP contribution in [0, 0.1) is 5.82 Å². The molecule has 0 fully saturated rings. The number of carbonyl (C=O) groups excluding carboxylic acids is 3. The van der Waals surface area contributed by atoms with Gasteiger partial charge in [0, 0.05) is 5.56 Å². The monoisotopic (exact) mass is 431 g/mol. The number of hydrazone groups is 1. The molecule has 3 aromatic rings. The number of carbonyl (C=O) groups is 3. The Bertz CT molecular complexity index is 1190. The second kappa shape index (κ2) is 10.4. The number of nitrogens with zero attached hydrogens (tertiary/aromatic N) is 1. The Labute approximate surface area is 183 Å². The van der Waals surface area contributed by atoms with Gasteiger partial charge in [0.2, 0.25) is 5.78 Å². The minimum absolute atomic E-state index is 0.0323. The Morgan fingerprint density at radius 1 is 0.938 bits per heavy atom. The molecule has 0 bridgehead atoms. The lowest BCUT2D eigenvalue weighted by atomic mass is 10.1. The van der Waals surface area contributed by atoms with Gasteiger partial charge in [-0.15, -0.1) is 0 Å². The summed E-state index contributed by atoms with van der Waals surface area (Å²) in [6.07, 6.45) is 3.83. The minimum atomic E-state index is -1.05. The van der Waals surface area contributed by atoms with Crippen molar-refractivity contribution in [1.82, 2.24) is 5.43 Å². The first-order valence-electron chi connectivity index (χ1n) is 9.40. The summed E-state index contributed by atoms with van der Waals surface area (Å²) in [5, 5.41) is 3.88. The molecule has 0 atom stereocenters. The second-order valence-corrected chi connectivity index (χ2v) is 6.49. The summed E-state index contributed by atoms with van der Waals surface area (Å²) in [7, 11) is 0. The fourth-order valence-electron chi connectivity index (χ4n) is 2.52. The van der Waals surface area contributed by atoms with E-state index in [1.807, 2.05) is 6.07 Å². The maximum Gasteiger partial charge on any atom is 0.289 e. The van der Waals surface area contributed by atoms with Gasteiger partial charge in [0.15, 0.2) is 11.6 Å². The standard InChI is InChI=1S/C24H18FN3O4/c25-20-12-8-17(14-22(20)32-19-4-2-1-3-5-19)15-27-28-24(31)18-10-6-16(7-11-18)9-13-21(29)23(26)30/h1-15H,(H2,26,30)(H,28,31)/b13-9+,27-15-. The van der Waals surface area contributed by atoms with Gasteiger partial charge >= 0.3 is 0 Å². The third-order valence-corrected chi connectivity index (χ3v) is 4.15. The van der Waals surface area contributed by atoms with E-state index in [1.54, 1.807) is 36.4 Å². The number of rotatable bonds is 8. The normalized spacial score (nSPS) is 10.9. The van der Waals surface area contributed by atoms with Crippen molar-refractivity contribution in [3.8, 4) is 11.5 Å². The Morgan fingerprint density at radius 2 is 1.62 bits per heavy atom. The van der Waals surface area contributed by atoms with Gasteiger partial charge < -0.3 is 10.5 Å². The molecule has 3 rings (SSSR count). The van der Waals surface area contributed by atoms with Gasteiger partial charge in [0.25, 0.3) is 11.8 Å². The summed E-state index contributed by atoms with van der Waals surface area (Å²) in [6.45, 7) is 0. The fourth-order valence-corrected chi connectivity index (χ4v) is 2.52. The number of primary amides is 1. The van der Waals surface area contributed by atoms with E-state index in [0.29, 0.717) is 22.4 Å². The second-order valence-electron chi connectivity index (χ2n) is 6.49. The quantitative estimate of drug-likeness (QED) is 0.246. The maximum atomic E-state index is 14.0. The van der Waals surface area contributed by atoms with E-state index in [4.69, 9.17) is 10.5 Å². The number of ketones is 1. The number of hydrogen-bond acceptors (Lipinski definition) is 5. The highest BCUT2D eigenvalue weighted by Crippen LogP contribution is 2.24. The molecule has 160 valence electrons. The summed E-state index contributed by atoms with van der Waals surface area (Å²) in [5.41, 5.74) is 8.71. The van der Waals surface area contributed by atoms with Crippen LogP contribution in [0.3, 0.4) is 0 Å². The van der Waals surface area contributed by atoms with Crippen molar-refractivity contribution in [2.75, 3.05) is 0 Å². The van der Waals surface area contributed by atoms with E-state index in [-0.39, 0.29) is 5.75 Å². The Kier molecular flexibility index (Phi) is 7.21. The van der Waals surface area contributed by atoms with Crippen molar-refractivity contribution >= 4 is 29.9 Å². The summed E-state index contributed by atoms with van der Waals surface area (Å²) >= 11 is 0. The van der Waals surface area contributed by atoms with Gasteiger partial charge in [0.1, 0.15) is 5.75 Å². The predicted octanol–water partition coefficient (Wildman–Crippen LogP) is 3.45. The maximum absolute atomic E-state index is 14.0. The number of para-hydroxylation sites is 1. The molecule has 7 nitrogen and oxygen atoms in total. The molecule has 0 aliphatic carbocycles. The van der Waals surface area contributed by atoms with Crippen LogP contribution < -0.4 is 15.9 Å². The Balaban J connectivity index is 1.61. The van der Waals surface area contributed by atoms with Crippen LogP contribution in [0.15, 0.2) is 84.0 Å². The molecule has 0 heterocycles. The lowest BCUT2D eigenvalue weighted by Crippen LogP contribution is -2.20. The molecule has 0 saturated carbocycles. The molecule has 8 heteroatoms. The highest BCUT2D eigenvalue weighted by molar-refractivity contribution is 6.40. The average molecular weight is 431 g/mol. The molecular formula is C24H18FN3O4. The zero-order valence-corrected chi connectivity index (χ0v) is 16.7. The van der Waals surface area contributed by atoms with E-state index in [1.165, 1.54) is 42.6 Å². The minimum Gasteiger partial charge on any atom is -0.454 e. The molecule has 0 unspecified atom stereocenters. The highest BCUT2D eigenvalue weighted by atomic mass is 19.1. The number of nitrogens with one attached hydrogen (secondary N) is 1. The zero-order valence-electron chi connectivity index (χ0n) is 16.7. The lowest BCUT2D eigenvalue weighted by Gasteiger charge is -2.07. The van der Waals surface area contributed by atoms with Crippen LogP contribution >= 0.6 is 0 Å². The topological polar surface area (TPSA) is 111 Å². The predicted molar refractivity (Wildman–Crippen MR) is 118 cm³/mol. The number of nitrogens with two attached hydrogens (primary N) is 1. The van der Waals surface area contributed by atoms with Gasteiger partial charge in [0.05, 0.1) is 6.21 Å². The fraction of sp³-hybridized carbons (Fsp3) is 0. The molecule has 3 aromatic carbocycles. The van der Waals surface area contributed by atoms with Crippen molar-refractivity contribution in [2.45, 2.75) is 0 Å². The van der Waals surface area contributed by atoms with Gasteiger partial charge in [-0.25, -0.2) is 9.82 Å². The summed E-state index contributed by atoms with van der Waals surface area (Å²) in [5.74, 6) is -2.33. The zero-order chi connectivity index (χ0) is 22.9. The third kappa shape index (κ3) is 6.20. The molecule has 0 aromatic heterocycles. The molecule has 2 amide bonds. The number of halogens is 1. The number of ether oxygens (including phenoxy) is 1. The van der Waals surface area contributed by atoms with Gasteiger partial charge in [-0.3, -0.25) is 14.4 Å². The first kappa shape index (κ1) is 22.1. The molecule has 0 aliphatic rings. The molecule has 0 spiro atoms. The highest BCUT2D eigenvalue weighted by Gasteiger charge is 2.07. The van der Waals surface area contributed by atoms with E-state index < -0.39 is 23.4 Å². The van der Waals surface area contributed by atoms with Crippen LogP contribution in [0.1, 0.15) is 21.5 Å². The smallest absolute Gasteiger partial charge is 0.289 e. The summed E-state index contributed by atoms with van der Waals surface area (Å²) < 4.78 is 19.5. The lowest BCUT2D eigenvalue weighted by molar-refractivity contribution is -0.133. The van der Waals surface area contributed by atoms with Crippen molar-refractivity contribution in [1.29, 1.82) is 0 Å². The van der Waals surface area contributed by atoms with Crippen LogP contribution in [-0.4, -0.2) is 23.8 Å². The van der Waals surface area contributed by atoms with Crippen molar-refractivity contribution in [2.24, 2.45) is 10.8 Å². The van der Waals surface area contributed by atoms with Gasteiger partial charge in [-0.1, -0.05) is 42.5 Å². The molecule has 32 heavy (non-hydrogen) atoms. The Hall–Kier alpha value is -4.59. The van der Waals surface area contributed by atoms with Crippen molar-refractivity contribution < 1.29 is 23.5 Å². The largest absolute Gasteiger partial charge is 0.454 e. The first-order chi connectivity index (χ1) is 15.4. The molecule has 0 saturated heterocycles. The average Bonchev–Trinajstić information content (AvgIpc) is 2.80. The molecule has 0 aliphatic heterocycles. The number of hydrogen-bond donors (Lipinski definition) is 2. The van der Waals surface area contributed by atoms with E-state index in [0.717, 1.165) is 6.08 Å². The number of benzene rings is 3. The van der Waals surface area contributed by atoms with Crippen molar-refractivity contribution in [3.63, 3.8) is 0 Å². The van der Waals surface area contributed by atoms with Crippen LogP contribution in [0.4, 0.5) is 4.39 Å². The van der Waals surface area contributed by atoms with Gasteiger partial charge in [-0.2, -0.15) is 5.10 Å². The van der Waals surface area contributed by atoms with Gasteiger partial charge in [-0.05, 0) is 53.6 Å². The van der Waals surface area contributed by atoms with Crippen LogP contribution in [0.5, 0.6) is 11.5 Å². The van der Waals surface area contributed by atoms with Crippen LogP contribution in [-0.2, 0) is 9.59 Å². The SMILES string of the molecule is NC(=O)C(=O)/C=C/c1ccc(C(=O)N/N=C\c2ccc(F)c(Oc3ccccc3)c2)cc1. The number of amides is 2. The third-order valence-electron chi connectivity index (χ3n) is 4.15. The van der Waals surface area contributed by atoms with Crippen LogP contribution in [0.2, 0.25) is 0 Å². The summed E-state index contributed by atoms with van der Waals surface area (Å²) in [4.78, 5) is 34.1. The molecular weight excluding hydrogens is 413 g/mol. The van der Waals surface area contributed by atoms with Crippen LogP contribution in [0.25, 0.3) is 6.08 Å². The molecule has 3 N–H and O–H groups in total. The van der Waals surface area contributed by atoms with E-state index in [2.05, 4.69) is 10.5 Å².